The number of rotatable bonds is 6. The third-order valence-electron chi connectivity index (χ3n) is 1.46. The molecule has 4 heteroatoms. The topological polar surface area (TPSA) is 61.9 Å². The Bertz CT molecular complexity index is 106. The molecule has 73 valence electrons. The molecule has 0 aliphatic carbocycles. The summed E-state index contributed by atoms with van der Waals surface area (Å²) in [4.78, 5) is 0. The summed E-state index contributed by atoms with van der Waals surface area (Å²) in [5.74, 6) is 0.0282. The Hall–Kier alpha value is -0.440. The maximum Gasteiger partial charge on any atom is 0.185 e. The number of guanidine groups is 1. The summed E-state index contributed by atoms with van der Waals surface area (Å²) in [5, 5.41) is 9.50. The predicted octanol–water partition coefficient (Wildman–Crippen LogP) is 2.02. The van der Waals surface area contributed by atoms with E-state index in [1.807, 2.05) is 6.54 Å². The molecular formula is C8H19ClN3. The zero-order valence-electron chi connectivity index (χ0n) is 7.60. The van der Waals surface area contributed by atoms with Crippen molar-refractivity contribution in [1.82, 2.24) is 5.32 Å². The molecule has 1 radical (unpaired) electrons. The van der Waals surface area contributed by atoms with Crippen LogP contribution >= 0.6 is 12.4 Å². The molecule has 4 N–H and O–H groups in total. The van der Waals surface area contributed by atoms with Crippen LogP contribution in [0.25, 0.3) is 0 Å². The van der Waals surface area contributed by atoms with Gasteiger partial charge in [0.05, 0.1) is 0 Å². The fraction of sp³-hybridized carbons (Fsp3) is 0.750. The molecule has 0 aliphatic heterocycles. The number of nitrogens with one attached hydrogen (secondary N) is 2. The van der Waals surface area contributed by atoms with Crippen LogP contribution in [0, 0.1) is 12.0 Å². The summed E-state index contributed by atoms with van der Waals surface area (Å²) in [6.07, 6.45) is 6.02. The Labute approximate surface area is 81.0 Å². The fourth-order valence-corrected chi connectivity index (χ4v) is 0.855. The van der Waals surface area contributed by atoms with Gasteiger partial charge in [0.2, 0.25) is 0 Å². The highest BCUT2D eigenvalue weighted by molar-refractivity contribution is 5.85. The molecule has 0 saturated carbocycles. The largest absolute Gasteiger partial charge is 0.370 e. The predicted molar refractivity (Wildman–Crippen MR) is 55.4 cm³/mol. The van der Waals surface area contributed by atoms with Crippen molar-refractivity contribution in [3.8, 4) is 0 Å². The summed E-state index contributed by atoms with van der Waals surface area (Å²) in [6, 6.07) is 0. The highest BCUT2D eigenvalue weighted by Gasteiger charge is 1.89. The second-order valence-corrected chi connectivity index (χ2v) is 2.61. The van der Waals surface area contributed by atoms with Crippen LogP contribution in [0.4, 0.5) is 0 Å². The van der Waals surface area contributed by atoms with Crippen molar-refractivity contribution in [2.24, 2.45) is 5.73 Å². The number of halogens is 1. The van der Waals surface area contributed by atoms with Gasteiger partial charge in [0.25, 0.3) is 0 Å². The van der Waals surface area contributed by atoms with Crippen molar-refractivity contribution < 1.29 is 0 Å². The van der Waals surface area contributed by atoms with E-state index >= 15 is 0 Å². The first-order valence-electron chi connectivity index (χ1n) is 4.19. The maximum atomic E-state index is 6.85. The van der Waals surface area contributed by atoms with Gasteiger partial charge in [-0.1, -0.05) is 32.6 Å². The first-order valence-corrected chi connectivity index (χ1v) is 4.19. The van der Waals surface area contributed by atoms with Crippen molar-refractivity contribution in [3.05, 3.63) is 6.54 Å². The minimum absolute atomic E-state index is 0. The smallest absolute Gasteiger partial charge is 0.185 e. The lowest BCUT2D eigenvalue weighted by Gasteiger charge is -2.01. The van der Waals surface area contributed by atoms with Crippen LogP contribution in [0.1, 0.15) is 39.0 Å². The first-order chi connectivity index (χ1) is 5.27. The van der Waals surface area contributed by atoms with Crippen LogP contribution in [0.2, 0.25) is 0 Å². The van der Waals surface area contributed by atoms with Gasteiger partial charge >= 0.3 is 0 Å². The van der Waals surface area contributed by atoms with E-state index in [2.05, 4.69) is 12.2 Å². The quantitative estimate of drug-likeness (QED) is 0.343. The normalized spacial score (nSPS) is 8.75. The van der Waals surface area contributed by atoms with E-state index in [-0.39, 0.29) is 18.4 Å². The molecule has 0 fully saturated rings. The molecule has 3 nitrogen and oxygen atoms in total. The van der Waals surface area contributed by atoms with E-state index in [1.165, 1.54) is 25.7 Å². The molecule has 0 aromatic rings. The summed E-state index contributed by atoms with van der Waals surface area (Å²) in [6.45, 7) is 4.04. The zero-order valence-corrected chi connectivity index (χ0v) is 8.41. The van der Waals surface area contributed by atoms with Crippen LogP contribution < -0.4 is 11.1 Å². The molecule has 0 rings (SSSR count). The molecule has 0 amide bonds. The number of hydrogen-bond donors (Lipinski definition) is 3. The minimum Gasteiger partial charge on any atom is -0.370 e. The average Bonchev–Trinajstić information content (AvgIpc) is 1.96. The fourth-order valence-electron chi connectivity index (χ4n) is 0.855. The monoisotopic (exact) mass is 192 g/mol. The van der Waals surface area contributed by atoms with E-state index in [0.29, 0.717) is 0 Å². The van der Waals surface area contributed by atoms with Gasteiger partial charge in [0.1, 0.15) is 0 Å². The third-order valence-corrected chi connectivity index (χ3v) is 1.46. The van der Waals surface area contributed by atoms with Gasteiger partial charge in [-0.25, -0.2) is 0 Å². The van der Waals surface area contributed by atoms with Gasteiger partial charge < -0.3 is 11.1 Å². The van der Waals surface area contributed by atoms with Gasteiger partial charge in [-0.3, -0.25) is 5.41 Å². The van der Waals surface area contributed by atoms with Gasteiger partial charge in [-0.05, 0) is 6.42 Å². The lowest BCUT2D eigenvalue weighted by atomic mass is 10.1. The molecule has 12 heavy (non-hydrogen) atoms. The summed E-state index contributed by atoms with van der Waals surface area (Å²) >= 11 is 0. The SMILES string of the molecule is CCCCCC[CH]NC(=N)N.Cl. The van der Waals surface area contributed by atoms with Crippen LogP contribution in [0.15, 0.2) is 0 Å². The molecule has 0 bridgehead atoms. The summed E-state index contributed by atoms with van der Waals surface area (Å²) in [5.41, 5.74) is 5.07. The lowest BCUT2D eigenvalue weighted by molar-refractivity contribution is 0.653. The Kier molecular flexibility index (Phi) is 12.4. The molecule has 0 aromatic carbocycles. The van der Waals surface area contributed by atoms with E-state index in [1.54, 1.807) is 0 Å². The lowest BCUT2D eigenvalue weighted by Crippen LogP contribution is -2.27. The van der Waals surface area contributed by atoms with Crippen LogP contribution in [-0.4, -0.2) is 5.96 Å². The van der Waals surface area contributed by atoms with Crippen molar-refractivity contribution in [1.29, 1.82) is 5.41 Å². The molecule has 0 heterocycles. The highest BCUT2D eigenvalue weighted by Crippen LogP contribution is 2.02. The minimum atomic E-state index is 0. The number of nitrogens with two attached hydrogens (primary N) is 1. The molecule has 0 saturated heterocycles. The van der Waals surface area contributed by atoms with Gasteiger partial charge in [-0.2, -0.15) is 0 Å². The molecule has 0 atom stereocenters. The third kappa shape index (κ3) is 12.3. The molecule has 0 unspecified atom stereocenters. The Morgan fingerprint density at radius 3 is 2.58 bits per heavy atom. The van der Waals surface area contributed by atoms with Crippen molar-refractivity contribution in [3.63, 3.8) is 0 Å². The second kappa shape index (κ2) is 10.6. The van der Waals surface area contributed by atoms with Crippen LogP contribution in [0.5, 0.6) is 0 Å². The maximum absolute atomic E-state index is 6.85. The van der Waals surface area contributed by atoms with Crippen molar-refractivity contribution >= 4 is 18.4 Å². The van der Waals surface area contributed by atoms with Crippen molar-refractivity contribution in [2.45, 2.75) is 39.0 Å². The average molecular weight is 193 g/mol. The first kappa shape index (κ1) is 14.1. The Morgan fingerprint density at radius 2 is 2.08 bits per heavy atom. The molecule has 0 aromatic heterocycles. The van der Waals surface area contributed by atoms with E-state index < -0.39 is 0 Å². The summed E-state index contributed by atoms with van der Waals surface area (Å²) in [7, 11) is 0. The Morgan fingerprint density at radius 1 is 1.42 bits per heavy atom. The van der Waals surface area contributed by atoms with E-state index in [4.69, 9.17) is 11.1 Å². The Balaban J connectivity index is 0. The second-order valence-electron chi connectivity index (χ2n) is 2.61. The highest BCUT2D eigenvalue weighted by atomic mass is 35.5. The molecular weight excluding hydrogens is 174 g/mol. The van der Waals surface area contributed by atoms with Crippen molar-refractivity contribution in [2.75, 3.05) is 0 Å². The van der Waals surface area contributed by atoms with Crippen LogP contribution in [0.3, 0.4) is 0 Å². The standard InChI is InChI=1S/C8H18N3.ClH/c1-2-3-4-5-6-7-11-8(9)10;/h7H,2-6H2,1H3,(H4,9,10,11);1H. The molecule has 0 spiro atoms. The van der Waals surface area contributed by atoms with Gasteiger partial charge in [0, 0.05) is 6.54 Å². The number of unbranched alkanes of at least 4 members (excludes halogenated alkanes) is 4. The van der Waals surface area contributed by atoms with E-state index in [9.17, 15) is 0 Å². The molecule has 0 aliphatic rings. The zero-order chi connectivity index (χ0) is 8.53. The van der Waals surface area contributed by atoms with Crippen LogP contribution in [-0.2, 0) is 0 Å². The number of hydrogen-bond acceptors (Lipinski definition) is 1. The van der Waals surface area contributed by atoms with Gasteiger partial charge in [0.15, 0.2) is 5.96 Å². The van der Waals surface area contributed by atoms with E-state index in [0.717, 1.165) is 6.42 Å². The van der Waals surface area contributed by atoms with Gasteiger partial charge in [-0.15, -0.1) is 12.4 Å². The summed E-state index contributed by atoms with van der Waals surface area (Å²) < 4.78 is 0.